The van der Waals surface area contributed by atoms with E-state index in [9.17, 15) is 5.11 Å². The Morgan fingerprint density at radius 2 is 1.96 bits per heavy atom. The molecule has 1 fully saturated rings. The molecule has 0 radical (unpaired) electrons. The predicted molar refractivity (Wildman–Crippen MR) is 114 cm³/mol. The molecular formula is C20H31Cl2N3O3. The van der Waals surface area contributed by atoms with E-state index >= 15 is 0 Å². The molecule has 1 aromatic carbocycles. The first kappa shape index (κ1) is 23.2. The number of hydrogen-bond donors (Lipinski definition) is 3. The molecule has 0 bridgehead atoms. The van der Waals surface area contributed by atoms with Gasteiger partial charge >= 0.3 is 0 Å². The zero-order valence-corrected chi connectivity index (χ0v) is 17.9. The fourth-order valence-electron chi connectivity index (χ4n) is 2.94. The van der Waals surface area contributed by atoms with Crippen LogP contribution in [0.2, 0.25) is 10.0 Å². The zero-order chi connectivity index (χ0) is 20.2. The van der Waals surface area contributed by atoms with Crippen LogP contribution in [0, 0.1) is 5.92 Å². The van der Waals surface area contributed by atoms with Gasteiger partial charge in [0.1, 0.15) is 0 Å². The molecule has 1 heterocycles. The van der Waals surface area contributed by atoms with Gasteiger partial charge < -0.3 is 25.2 Å². The largest absolute Gasteiger partial charge is 0.386 e. The van der Waals surface area contributed by atoms with Gasteiger partial charge in [0.25, 0.3) is 0 Å². The van der Waals surface area contributed by atoms with Gasteiger partial charge in [0.15, 0.2) is 5.96 Å². The third-order valence-electron chi connectivity index (χ3n) is 4.49. The molecule has 0 aliphatic carbocycles. The van der Waals surface area contributed by atoms with Crippen molar-refractivity contribution in [2.45, 2.75) is 32.3 Å². The van der Waals surface area contributed by atoms with Crippen molar-refractivity contribution in [2.24, 2.45) is 10.9 Å². The Balaban J connectivity index is 1.69. The monoisotopic (exact) mass is 431 g/mol. The van der Waals surface area contributed by atoms with Crippen molar-refractivity contribution in [1.82, 2.24) is 10.6 Å². The number of ether oxygens (including phenoxy) is 2. The molecule has 0 aromatic heterocycles. The number of rotatable bonds is 10. The Hall–Kier alpha value is -1.05. The summed E-state index contributed by atoms with van der Waals surface area (Å²) in [6.45, 7) is 6.94. The van der Waals surface area contributed by atoms with Gasteiger partial charge in [-0.3, -0.25) is 4.99 Å². The Morgan fingerprint density at radius 3 is 2.64 bits per heavy atom. The highest BCUT2D eigenvalue weighted by molar-refractivity contribution is 6.34. The molecule has 6 nitrogen and oxygen atoms in total. The summed E-state index contributed by atoms with van der Waals surface area (Å²) in [7, 11) is 0. The molecule has 28 heavy (non-hydrogen) atoms. The second-order valence-corrected chi connectivity index (χ2v) is 7.72. The number of benzene rings is 1. The second-order valence-electron chi connectivity index (χ2n) is 6.85. The third kappa shape index (κ3) is 8.97. The Kier molecular flexibility index (Phi) is 11.0. The molecule has 158 valence electrons. The van der Waals surface area contributed by atoms with Crippen LogP contribution in [0.1, 0.15) is 37.9 Å². The normalized spacial score (nSPS) is 16.8. The van der Waals surface area contributed by atoms with Gasteiger partial charge in [-0.2, -0.15) is 0 Å². The smallest absolute Gasteiger partial charge is 0.191 e. The predicted octanol–water partition coefficient (Wildman–Crippen LogP) is 3.42. The summed E-state index contributed by atoms with van der Waals surface area (Å²) in [5.41, 5.74) is 0.651. The minimum atomic E-state index is -0.769. The van der Waals surface area contributed by atoms with Crippen LogP contribution in [0.25, 0.3) is 0 Å². The van der Waals surface area contributed by atoms with Gasteiger partial charge in [0, 0.05) is 49.6 Å². The highest BCUT2D eigenvalue weighted by Gasteiger charge is 2.13. The minimum Gasteiger partial charge on any atom is -0.386 e. The maximum atomic E-state index is 10.3. The van der Waals surface area contributed by atoms with Gasteiger partial charge in [-0.05, 0) is 55.9 Å². The van der Waals surface area contributed by atoms with Gasteiger partial charge in [0.05, 0.1) is 12.6 Å². The molecule has 1 aliphatic rings. The Bertz CT molecular complexity index is 590. The molecule has 1 saturated heterocycles. The number of hydrogen-bond acceptors (Lipinski definition) is 4. The molecule has 3 N–H and O–H groups in total. The van der Waals surface area contributed by atoms with Crippen molar-refractivity contribution in [1.29, 1.82) is 0 Å². The van der Waals surface area contributed by atoms with Crippen molar-refractivity contribution in [3.63, 3.8) is 0 Å². The lowest BCUT2D eigenvalue weighted by Crippen LogP contribution is -2.38. The van der Waals surface area contributed by atoms with Crippen LogP contribution >= 0.6 is 23.2 Å². The fraction of sp³-hybridized carbons (Fsp3) is 0.650. The van der Waals surface area contributed by atoms with Gasteiger partial charge in [0.2, 0.25) is 0 Å². The number of halogens is 2. The van der Waals surface area contributed by atoms with Gasteiger partial charge in [-0.15, -0.1) is 0 Å². The van der Waals surface area contributed by atoms with Crippen LogP contribution in [0.4, 0.5) is 0 Å². The van der Waals surface area contributed by atoms with Crippen LogP contribution in [0.3, 0.4) is 0 Å². The first-order chi connectivity index (χ1) is 13.6. The summed E-state index contributed by atoms with van der Waals surface area (Å²) in [6, 6.07) is 5.03. The summed E-state index contributed by atoms with van der Waals surface area (Å²) in [4.78, 5) is 4.44. The van der Waals surface area contributed by atoms with Crippen LogP contribution in [-0.4, -0.2) is 57.1 Å². The molecule has 0 saturated carbocycles. The summed E-state index contributed by atoms with van der Waals surface area (Å²) in [6.07, 6.45) is 2.31. The summed E-state index contributed by atoms with van der Waals surface area (Å²) in [5, 5.41) is 17.8. The fourth-order valence-corrected chi connectivity index (χ4v) is 3.48. The number of aliphatic imine (C=N–C) groups is 1. The lowest BCUT2D eigenvalue weighted by Gasteiger charge is -2.21. The standard InChI is InChI=1S/C20H31Cl2N3O3/c1-2-23-20(24-6-3-7-28-14-15-4-8-27-9-5-15)25-13-19(26)16-10-17(21)12-18(22)11-16/h10-12,15,19,26H,2-9,13-14H2,1H3,(H2,23,24,25). The van der Waals surface area contributed by atoms with E-state index in [0.29, 0.717) is 34.1 Å². The van der Waals surface area contributed by atoms with Crippen molar-refractivity contribution < 1.29 is 14.6 Å². The lowest BCUT2D eigenvalue weighted by atomic mass is 10.0. The lowest BCUT2D eigenvalue weighted by molar-refractivity contribution is 0.0203. The number of aliphatic hydroxyl groups excluding tert-OH is 1. The Labute approximate surface area is 177 Å². The highest BCUT2D eigenvalue weighted by atomic mass is 35.5. The maximum Gasteiger partial charge on any atom is 0.191 e. The first-order valence-electron chi connectivity index (χ1n) is 9.90. The van der Waals surface area contributed by atoms with E-state index in [-0.39, 0.29) is 6.54 Å². The average molecular weight is 432 g/mol. The van der Waals surface area contributed by atoms with E-state index < -0.39 is 6.10 Å². The number of guanidine groups is 1. The molecule has 2 rings (SSSR count). The van der Waals surface area contributed by atoms with Gasteiger partial charge in [-0.1, -0.05) is 23.2 Å². The molecule has 0 amide bonds. The topological polar surface area (TPSA) is 75.1 Å². The second kappa shape index (κ2) is 13.2. The molecule has 1 aromatic rings. The SMILES string of the molecule is CCNC(=NCC(O)c1cc(Cl)cc(Cl)c1)NCCCOCC1CCOCC1. The number of aliphatic hydroxyl groups is 1. The van der Waals surface area contributed by atoms with Crippen molar-refractivity contribution in [3.8, 4) is 0 Å². The van der Waals surface area contributed by atoms with Crippen LogP contribution in [-0.2, 0) is 9.47 Å². The first-order valence-corrected chi connectivity index (χ1v) is 10.7. The molecule has 1 aliphatic heterocycles. The van der Waals surface area contributed by atoms with Crippen LogP contribution in [0.5, 0.6) is 0 Å². The van der Waals surface area contributed by atoms with E-state index in [1.54, 1.807) is 18.2 Å². The van der Waals surface area contributed by atoms with Crippen molar-refractivity contribution >= 4 is 29.2 Å². The van der Waals surface area contributed by atoms with E-state index in [1.165, 1.54) is 0 Å². The van der Waals surface area contributed by atoms with Crippen molar-refractivity contribution in [3.05, 3.63) is 33.8 Å². The van der Waals surface area contributed by atoms with E-state index in [0.717, 1.165) is 52.2 Å². The summed E-state index contributed by atoms with van der Waals surface area (Å²) >= 11 is 12.0. The molecule has 1 atom stereocenters. The maximum absolute atomic E-state index is 10.3. The van der Waals surface area contributed by atoms with E-state index in [2.05, 4.69) is 15.6 Å². The van der Waals surface area contributed by atoms with E-state index in [4.69, 9.17) is 32.7 Å². The summed E-state index contributed by atoms with van der Waals surface area (Å²) < 4.78 is 11.1. The molecule has 8 heteroatoms. The molecular weight excluding hydrogens is 401 g/mol. The van der Waals surface area contributed by atoms with Gasteiger partial charge in [-0.25, -0.2) is 0 Å². The Morgan fingerprint density at radius 1 is 1.25 bits per heavy atom. The summed E-state index contributed by atoms with van der Waals surface area (Å²) in [5.74, 6) is 1.29. The van der Waals surface area contributed by atoms with Crippen LogP contribution < -0.4 is 10.6 Å². The molecule has 1 unspecified atom stereocenters. The van der Waals surface area contributed by atoms with E-state index in [1.807, 2.05) is 6.92 Å². The average Bonchev–Trinajstić information content (AvgIpc) is 2.68. The van der Waals surface area contributed by atoms with Crippen molar-refractivity contribution in [2.75, 3.05) is 46.1 Å². The highest BCUT2D eigenvalue weighted by Crippen LogP contribution is 2.23. The number of nitrogens with one attached hydrogen (secondary N) is 2. The minimum absolute atomic E-state index is 0.215. The molecule has 0 spiro atoms. The zero-order valence-electron chi connectivity index (χ0n) is 16.4. The third-order valence-corrected chi connectivity index (χ3v) is 4.92. The quantitative estimate of drug-likeness (QED) is 0.300. The number of nitrogens with zero attached hydrogens (tertiary/aromatic N) is 1. The van der Waals surface area contributed by atoms with Crippen LogP contribution in [0.15, 0.2) is 23.2 Å².